The number of alkyl halides is 1. The van der Waals surface area contributed by atoms with Crippen LogP contribution in [0.5, 0.6) is 0 Å². The molecule has 0 aliphatic rings. The summed E-state index contributed by atoms with van der Waals surface area (Å²) in [6.45, 7) is 5.92. The molecule has 0 amide bonds. The number of hydrogen-bond acceptors (Lipinski definition) is 2. The van der Waals surface area contributed by atoms with Crippen molar-refractivity contribution in [3.63, 3.8) is 0 Å². The molecule has 0 aromatic heterocycles. The van der Waals surface area contributed by atoms with Crippen LogP contribution in [0.1, 0.15) is 27.2 Å². The zero-order valence-corrected chi connectivity index (χ0v) is 9.06. The van der Waals surface area contributed by atoms with E-state index in [0.29, 0.717) is 0 Å². The third kappa shape index (κ3) is 3.23. The van der Waals surface area contributed by atoms with E-state index in [-0.39, 0.29) is 16.2 Å². The summed E-state index contributed by atoms with van der Waals surface area (Å²) >= 11 is 3.45. The van der Waals surface area contributed by atoms with E-state index in [1.807, 2.05) is 20.8 Å². The fourth-order valence-corrected chi connectivity index (χ4v) is 1.59. The molecule has 0 N–H and O–H groups in total. The number of halogens is 1. The van der Waals surface area contributed by atoms with Gasteiger partial charge in [-0.2, -0.15) is 0 Å². The fourth-order valence-electron chi connectivity index (χ4n) is 1.07. The van der Waals surface area contributed by atoms with E-state index in [0.717, 1.165) is 6.42 Å². The molecule has 0 saturated heterocycles. The van der Waals surface area contributed by atoms with Crippen LogP contribution < -0.4 is 0 Å². The monoisotopic (exact) mass is 222 g/mol. The maximum Gasteiger partial charge on any atom is 0.310 e. The predicted molar refractivity (Wildman–Crippen MR) is 48.8 cm³/mol. The lowest BCUT2D eigenvalue weighted by atomic mass is 9.93. The van der Waals surface area contributed by atoms with Gasteiger partial charge in [0.25, 0.3) is 0 Å². The lowest BCUT2D eigenvalue weighted by molar-refractivity contribution is -0.146. The van der Waals surface area contributed by atoms with E-state index in [9.17, 15) is 4.79 Å². The van der Waals surface area contributed by atoms with Crippen LogP contribution in [0.2, 0.25) is 0 Å². The first-order chi connectivity index (χ1) is 4.93. The summed E-state index contributed by atoms with van der Waals surface area (Å²) in [4.78, 5) is 11.1. The minimum absolute atomic E-state index is 0.0625. The molecule has 1 atom stereocenters. The summed E-state index contributed by atoms with van der Waals surface area (Å²) in [5.41, 5.74) is 0. The Morgan fingerprint density at radius 2 is 2.09 bits per heavy atom. The van der Waals surface area contributed by atoms with Gasteiger partial charge in [0, 0.05) is 4.32 Å². The SMILES string of the molecule is CCC(C(=O)OC)C(C)(C)Br. The van der Waals surface area contributed by atoms with Crippen molar-refractivity contribution in [3.05, 3.63) is 0 Å². The van der Waals surface area contributed by atoms with Crippen molar-refractivity contribution in [2.24, 2.45) is 5.92 Å². The topological polar surface area (TPSA) is 26.3 Å². The molecule has 0 aromatic carbocycles. The van der Waals surface area contributed by atoms with Crippen LogP contribution in [0.15, 0.2) is 0 Å². The number of carbonyl (C=O) groups excluding carboxylic acids is 1. The minimum atomic E-state index is -0.172. The largest absolute Gasteiger partial charge is 0.469 e. The molecule has 0 saturated carbocycles. The molecular weight excluding hydrogens is 208 g/mol. The standard InChI is InChI=1S/C8H15BrO2/c1-5-6(7(10)11-4)8(2,3)9/h6H,5H2,1-4H3. The highest BCUT2D eigenvalue weighted by Crippen LogP contribution is 2.29. The Morgan fingerprint density at radius 3 is 2.18 bits per heavy atom. The second-order valence-electron chi connectivity index (χ2n) is 3.05. The number of esters is 1. The van der Waals surface area contributed by atoms with Crippen LogP contribution in [0.3, 0.4) is 0 Å². The van der Waals surface area contributed by atoms with Crippen molar-refractivity contribution in [2.75, 3.05) is 7.11 Å². The number of methoxy groups -OCH3 is 1. The van der Waals surface area contributed by atoms with Crippen LogP contribution in [-0.2, 0) is 9.53 Å². The third-order valence-electron chi connectivity index (χ3n) is 1.72. The van der Waals surface area contributed by atoms with Crippen LogP contribution in [0.4, 0.5) is 0 Å². The normalized spacial score (nSPS) is 14.3. The number of hydrogen-bond donors (Lipinski definition) is 0. The van der Waals surface area contributed by atoms with E-state index < -0.39 is 0 Å². The number of ether oxygens (including phenoxy) is 1. The van der Waals surface area contributed by atoms with Crippen LogP contribution in [0, 0.1) is 5.92 Å². The van der Waals surface area contributed by atoms with Gasteiger partial charge in [0.15, 0.2) is 0 Å². The summed E-state index contributed by atoms with van der Waals surface area (Å²) < 4.78 is 4.49. The van der Waals surface area contributed by atoms with Crippen LogP contribution in [-0.4, -0.2) is 17.4 Å². The maximum atomic E-state index is 11.1. The highest BCUT2D eigenvalue weighted by atomic mass is 79.9. The quantitative estimate of drug-likeness (QED) is 0.542. The Hall–Kier alpha value is -0.0500. The van der Waals surface area contributed by atoms with Gasteiger partial charge >= 0.3 is 5.97 Å². The zero-order valence-electron chi connectivity index (χ0n) is 7.48. The van der Waals surface area contributed by atoms with Gasteiger partial charge in [0.2, 0.25) is 0 Å². The molecule has 66 valence electrons. The Morgan fingerprint density at radius 1 is 1.64 bits per heavy atom. The molecule has 0 spiro atoms. The average molecular weight is 223 g/mol. The minimum Gasteiger partial charge on any atom is -0.469 e. The number of carbonyl (C=O) groups is 1. The lowest BCUT2D eigenvalue weighted by Crippen LogP contribution is -2.31. The van der Waals surface area contributed by atoms with Gasteiger partial charge in [-0.05, 0) is 20.3 Å². The molecule has 0 fully saturated rings. The molecule has 0 aromatic rings. The van der Waals surface area contributed by atoms with Crippen molar-refractivity contribution < 1.29 is 9.53 Å². The second kappa shape index (κ2) is 4.10. The van der Waals surface area contributed by atoms with Gasteiger partial charge in [0.05, 0.1) is 13.0 Å². The van der Waals surface area contributed by atoms with Gasteiger partial charge < -0.3 is 4.74 Å². The van der Waals surface area contributed by atoms with Crippen molar-refractivity contribution >= 4 is 21.9 Å². The smallest absolute Gasteiger partial charge is 0.310 e. The summed E-state index contributed by atoms with van der Waals surface area (Å²) in [7, 11) is 1.42. The summed E-state index contributed by atoms with van der Waals surface area (Å²) in [6, 6.07) is 0. The van der Waals surface area contributed by atoms with Gasteiger partial charge in [-0.3, -0.25) is 4.79 Å². The molecular formula is C8H15BrO2. The van der Waals surface area contributed by atoms with Crippen molar-refractivity contribution in [2.45, 2.75) is 31.5 Å². The molecule has 0 heterocycles. The Balaban J connectivity index is 4.29. The van der Waals surface area contributed by atoms with Crippen LogP contribution in [0.25, 0.3) is 0 Å². The van der Waals surface area contributed by atoms with Gasteiger partial charge in [0.1, 0.15) is 0 Å². The second-order valence-corrected chi connectivity index (χ2v) is 5.09. The predicted octanol–water partition coefficient (Wildman–Crippen LogP) is 2.36. The molecule has 1 unspecified atom stereocenters. The molecule has 0 rings (SSSR count). The zero-order chi connectivity index (χ0) is 9.07. The third-order valence-corrected chi connectivity index (χ3v) is 2.28. The fraction of sp³-hybridized carbons (Fsp3) is 0.875. The van der Waals surface area contributed by atoms with E-state index in [1.165, 1.54) is 7.11 Å². The first-order valence-electron chi connectivity index (χ1n) is 3.70. The van der Waals surface area contributed by atoms with Crippen molar-refractivity contribution in [3.8, 4) is 0 Å². The van der Waals surface area contributed by atoms with E-state index in [2.05, 4.69) is 20.7 Å². The van der Waals surface area contributed by atoms with E-state index >= 15 is 0 Å². The first-order valence-corrected chi connectivity index (χ1v) is 4.49. The van der Waals surface area contributed by atoms with Gasteiger partial charge in [-0.15, -0.1) is 0 Å². The Labute approximate surface area is 76.4 Å². The Bertz CT molecular complexity index is 138. The number of rotatable bonds is 3. The summed E-state index contributed by atoms with van der Waals surface area (Å²) in [5, 5.41) is 0. The van der Waals surface area contributed by atoms with Crippen molar-refractivity contribution in [1.82, 2.24) is 0 Å². The maximum absolute atomic E-state index is 11.1. The molecule has 11 heavy (non-hydrogen) atoms. The summed E-state index contributed by atoms with van der Waals surface area (Å²) in [5.74, 6) is -0.207. The molecule has 0 radical (unpaired) electrons. The first kappa shape index (κ1) is 11.0. The highest BCUT2D eigenvalue weighted by Gasteiger charge is 2.31. The molecule has 0 aliphatic heterocycles. The molecule has 3 heteroatoms. The van der Waals surface area contributed by atoms with E-state index in [4.69, 9.17) is 0 Å². The van der Waals surface area contributed by atoms with Gasteiger partial charge in [-0.1, -0.05) is 22.9 Å². The highest BCUT2D eigenvalue weighted by molar-refractivity contribution is 9.10. The molecule has 2 nitrogen and oxygen atoms in total. The average Bonchev–Trinajstić information content (AvgIpc) is 1.86. The summed E-state index contributed by atoms with van der Waals surface area (Å²) in [6.07, 6.45) is 0.797. The lowest BCUT2D eigenvalue weighted by Gasteiger charge is -2.24. The van der Waals surface area contributed by atoms with Crippen molar-refractivity contribution in [1.29, 1.82) is 0 Å². The van der Waals surface area contributed by atoms with Crippen LogP contribution >= 0.6 is 15.9 Å². The molecule has 0 bridgehead atoms. The molecule has 0 aliphatic carbocycles. The van der Waals surface area contributed by atoms with E-state index in [1.54, 1.807) is 0 Å². The Kier molecular flexibility index (Phi) is 4.08. The van der Waals surface area contributed by atoms with Gasteiger partial charge in [-0.25, -0.2) is 0 Å².